The Labute approximate surface area is 314 Å². The van der Waals surface area contributed by atoms with E-state index in [1.165, 1.54) is 47.4 Å². The van der Waals surface area contributed by atoms with Crippen LogP contribution >= 0.6 is 34.7 Å². The molecule has 0 aliphatic rings. The lowest BCUT2D eigenvalue weighted by molar-refractivity contribution is -0.116. The van der Waals surface area contributed by atoms with Gasteiger partial charge in [-0.2, -0.15) is 0 Å². The van der Waals surface area contributed by atoms with Gasteiger partial charge in [0.1, 0.15) is 22.1 Å². The number of rotatable bonds is 13. The molecule has 1 unspecified atom stereocenters. The number of ether oxygens (including phenoxy) is 1. The van der Waals surface area contributed by atoms with Gasteiger partial charge in [0.05, 0.1) is 16.9 Å². The number of esters is 1. The van der Waals surface area contributed by atoms with Crippen LogP contribution in [-0.2, 0) is 14.3 Å². The van der Waals surface area contributed by atoms with Crippen LogP contribution in [0.25, 0.3) is 17.2 Å². The molecule has 0 saturated carbocycles. The molecule has 266 valence electrons. The van der Waals surface area contributed by atoms with E-state index in [0.717, 1.165) is 11.1 Å². The average molecular weight is 756 g/mol. The first-order valence-electron chi connectivity index (χ1n) is 16.3. The normalized spacial score (nSPS) is 11.8. The van der Waals surface area contributed by atoms with Crippen LogP contribution in [0.15, 0.2) is 113 Å². The van der Waals surface area contributed by atoms with Gasteiger partial charge in [-0.1, -0.05) is 78.7 Å². The van der Waals surface area contributed by atoms with Gasteiger partial charge in [-0.05, 0) is 74.4 Å². The fourth-order valence-electron chi connectivity index (χ4n) is 5.06. The summed E-state index contributed by atoms with van der Waals surface area (Å²) in [4.78, 5) is 54.0. The Balaban J connectivity index is 1.34. The molecular weight excluding hydrogens is 721 g/mol. The van der Waals surface area contributed by atoms with E-state index in [1.54, 1.807) is 61.5 Å². The lowest BCUT2D eigenvalue weighted by Gasteiger charge is -2.16. The van der Waals surface area contributed by atoms with Crippen molar-refractivity contribution in [2.45, 2.75) is 37.3 Å². The molecule has 0 bridgehead atoms. The molecule has 4 aromatic carbocycles. The van der Waals surface area contributed by atoms with Crippen molar-refractivity contribution in [2.24, 2.45) is 0 Å². The molecule has 5 rings (SSSR count). The van der Waals surface area contributed by atoms with Gasteiger partial charge < -0.3 is 20.7 Å². The number of benzene rings is 4. The highest BCUT2D eigenvalue weighted by atomic mass is 35.5. The molecule has 0 aliphatic carbocycles. The first-order valence-corrected chi connectivity index (χ1v) is 18.5. The number of halogens is 2. The summed E-state index contributed by atoms with van der Waals surface area (Å²) < 4.78 is 20.1. The van der Waals surface area contributed by atoms with Crippen molar-refractivity contribution >= 4 is 75.2 Å². The Hall–Kier alpha value is -5.23. The standard InChI is InChI=1S/C40H35ClFN3O5S2/c1-4-34(38(48)45-39-35(40(49)50-5-2)30(23-51-39)25-19-17-24(3)18-20-25)52-28-14-9-13-27(21-28)43-37(47)33(22-29-31(41)15-10-16-32(29)42)44-36(46)26-11-7-6-8-12-26/h6-23,34H,4-5H2,1-3H3,(H,43,47)(H,44,46)(H,45,48)/b33-22+. The molecule has 0 aliphatic heterocycles. The molecule has 12 heteroatoms. The molecule has 1 aromatic heterocycles. The van der Waals surface area contributed by atoms with E-state index in [4.69, 9.17) is 16.3 Å². The lowest BCUT2D eigenvalue weighted by Crippen LogP contribution is -2.30. The fourth-order valence-corrected chi connectivity index (χ4v) is 7.25. The largest absolute Gasteiger partial charge is 0.462 e. The second-order valence-electron chi connectivity index (χ2n) is 11.4. The molecule has 0 spiro atoms. The molecular formula is C40H35ClFN3O5S2. The van der Waals surface area contributed by atoms with E-state index in [0.29, 0.717) is 38.7 Å². The minimum atomic E-state index is -0.718. The van der Waals surface area contributed by atoms with Gasteiger partial charge in [0.2, 0.25) is 5.91 Å². The average Bonchev–Trinajstić information content (AvgIpc) is 3.55. The number of thioether (sulfide) groups is 1. The number of hydrogen-bond acceptors (Lipinski definition) is 7. The van der Waals surface area contributed by atoms with E-state index in [-0.39, 0.29) is 28.8 Å². The van der Waals surface area contributed by atoms with Crippen LogP contribution in [0.3, 0.4) is 0 Å². The second-order valence-corrected chi connectivity index (χ2v) is 14.0. The zero-order valence-electron chi connectivity index (χ0n) is 28.5. The van der Waals surface area contributed by atoms with E-state index in [1.807, 2.05) is 43.5 Å². The van der Waals surface area contributed by atoms with Crippen molar-refractivity contribution in [1.29, 1.82) is 0 Å². The third-order valence-electron chi connectivity index (χ3n) is 7.72. The van der Waals surface area contributed by atoms with Crippen LogP contribution in [0.1, 0.15) is 52.1 Å². The highest BCUT2D eigenvalue weighted by molar-refractivity contribution is 8.00. The smallest absolute Gasteiger partial charge is 0.341 e. The third kappa shape index (κ3) is 9.55. The Bertz CT molecular complexity index is 2100. The summed E-state index contributed by atoms with van der Waals surface area (Å²) in [6.07, 6.45) is 1.64. The van der Waals surface area contributed by atoms with Crippen molar-refractivity contribution in [3.63, 3.8) is 0 Å². The van der Waals surface area contributed by atoms with Crippen LogP contribution in [0.2, 0.25) is 5.02 Å². The number of carbonyl (C=O) groups excluding carboxylic acids is 4. The van der Waals surface area contributed by atoms with Crippen LogP contribution in [-0.4, -0.2) is 35.5 Å². The maximum Gasteiger partial charge on any atom is 0.341 e. The first kappa shape index (κ1) is 38.0. The fraction of sp³-hybridized carbons (Fsp3) is 0.150. The molecule has 52 heavy (non-hydrogen) atoms. The van der Waals surface area contributed by atoms with E-state index >= 15 is 0 Å². The number of anilines is 2. The number of amides is 3. The predicted octanol–water partition coefficient (Wildman–Crippen LogP) is 9.61. The number of thiophene rings is 1. The Kier molecular flexibility index (Phi) is 13.0. The number of carbonyl (C=O) groups is 4. The van der Waals surface area contributed by atoms with Gasteiger partial charge in [-0.15, -0.1) is 23.1 Å². The molecule has 8 nitrogen and oxygen atoms in total. The molecule has 1 atom stereocenters. The SMILES string of the molecule is CCOC(=O)c1c(-c2ccc(C)cc2)csc1NC(=O)C(CC)Sc1cccc(NC(=O)/C(=C\c2c(F)cccc2Cl)NC(=O)c2ccccc2)c1. The summed E-state index contributed by atoms with van der Waals surface area (Å²) in [5, 5.41) is 10.0. The number of aryl methyl sites for hydroxylation is 1. The van der Waals surface area contributed by atoms with E-state index in [2.05, 4.69) is 16.0 Å². The van der Waals surface area contributed by atoms with Crippen LogP contribution in [0.5, 0.6) is 0 Å². The topological polar surface area (TPSA) is 114 Å². The van der Waals surface area contributed by atoms with E-state index in [9.17, 15) is 23.6 Å². The highest BCUT2D eigenvalue weighted by Crippen LogP contribution is 2.37. The minimum Gasteiger partial charge on any atom is -0.462 e. The third-order valence-corrected chi connectivity index (χ3v) is 10.3. The molecule has 0 fully saturated rings. The van der Waals surface area contributed by atoms with Crippen LogP contribution < -0.4 is 16.0 Å². The minimum absolute atomic E-state index is 0.0600. The van der Waals surface area contributed by atoms with Crippen LogP contribution in [0, 0.1) is 12.7 Å². The number of hydrogen-bond donors (Lipinski definition) is 3. The maximum atomic E-state index is 14.7. The Morgan fingerprint density at radius 3 is 2.35 bits per heavy atom. The maximum absolute atomic E-state index is 14.7. The summed E-state index contributed by atoms with van der Waals surface area (Å²) >= 11 is 8.77. The predicted molar refractivity (Wildman–Crippen MR) is 207 cm³/mol. The quantitative estimate of drug-likeness (QED) is 0.0627. The summed E-state index contributed by atoms with van der Waals surface area (Å²) in [5.41, 5.74) is 3.26. The molecule has 3 N–H and O–H groups in total. The first-order chi connectivity index (χ1) is 25.1. The summed E-state index contributed by atoms with van der Waals surface area (Å²) in [6.45, 7) is 5.77. The summed E-state index contributed by atoms with van der Waals surface area (Å²) in [5.74, 6) is -2.79. The van der Waals surface area contributed by atoms with Gasteiger partial charge in [-0.25, -0.2) is 9.18 Å². The molecule has 0 radical (unpaired) electrons. The van der Waals surface area contributed by atoms with Crippen molar-refractivity contribution in [2.75, 3.05) is 17.2 Å². The molecule has 5 aromatic rings. The highest BCUT2D eigenvalue weighted by Gasteiger charge is 2.26. The zero-order chi connectivity index (χ0) is 37.2. The van der Waals surface area contributed by atoms with Crippen molar-refractivity contribution in [1.82, 2.24) is 5.32 Å². The van der Waals surface area contributed by atoms with Crippen molar-refractivity contribution in [3.05, 3.63) is 141 Å². The van der Waals surface area contributed by atoms with Crippen LogP contribution in [0.4, 0.5) is 15.1 Å². The van der Waals surface area contributed by atoms with Gasteiger partial charge >= 0.3 is 5.97 Å². The second kappa shape index (κ2) is 17.8. The summed E-state index contributed by atoms with van der Waals surface area (Å²) in [6, 6.07) is 27.0. The van der Waals surface area contributed by atoms with Gasteiger partial charge in [0.15, 0.2) is 0 Å². The molecule has 1 heterocycles. The summed E-state index contributed by atoms with van der Waals surface area (Å²) in [7, 11) is 0. The van der Waals surface area contributed by atoms with Crippen molar-refractivity contribution < 1.29 is 28.3 Å². The van der Waals surface area contributed by atoms with Gasteiger partial charge in [0.25, 0.3) is 11.8 Å². The van der Waals surface area contributed by atoms with Gasteiger partial charge in [0, 0.05) is 32.7 Å². The van der Waals surface area contributed by atoms with E-state index < -0.39 is 28.9 Å². The Morgan fingerprint density at radius 1 is 0.923 bits per heavy atom. The monoisotopic (exact) mass is 755 g/mol. The lowest BCUT2D eigenvalue weighted by atomic mass is 10.0. The van der Waals surface area contributed by atoms with Crippen molar-refractivity contribution in [3.8, 4) is 11.1 Å². The molecule has 3 amide bonds. The van der Waals surface area contributed by atoms with Gasteiger partial charge in [-0.3, -0.25) is 14.4 Å². The zero-order valence-corrected chi connectivity index (χ0v) is 30.9. The number of nitrogens with one attached hydrogen (secondary N) is 3. The molecule has 0 saturated heterocycles. The Morgan fingerprint density at radius 2 is 1.65 bits per heavy atom.